The molecule has 0 aromatic heterocycles. The van der Waals surface area contributed by atoms with E-state index in [1.54, 1.807) is 0 Å². The van der Waals surface area contributed by atoms with Crippen molar-refractivity contribution >= 4 is 17.6 Å². The lowest BCUT2D eigenvalue weighted by molar-refractivity contribution is 0.0601. The molecule has 0 unspecified atom stereocenters. The van der Waals surface area contributed by atoms with Crippen LogP contribution in [0, 0.1) is 11.3 Å². The fourth-order valence-corrected chi connectivity index (χ4v) is 1.06. The molecule has 0 amide bonds. The molecule has 0 N–H and O–H groups in total. The molecule has 0 heterocycles. The summed E-state index contributed by atoms with van der Waals surface area (Å²) in [5.74, 6) is -0.540. The SMILES string of the molecule is COC(=O)c1cc(C#N)ccc1Cl. The number of nitriles is 1. The largest absolute Gasteiger partial charge is 0.465 e. The first-order valence-electron chi connectivity index (χ1n) is 3.47. The number of carbonyl (C=O) groups is 1. The van der Waals surface area contributed by atoms with Crippen LogP contribution in [-0.4, -0.2) is 13.1 Å². The van der Waals surface area contributed by atoms with Gasteiger partial charge in [0.15, 0.2) is 0 Å². The molecule has 4 heteroatoms. The smallest absolute Gasteiger partial charge is 0.339 e. The number of rotatable bonds is 1. The number of benzene rings is 1. The summed E-state index contributed by atoms with van der Waals surface area (Å²) >= 11 is 5.72. The summed E-state index contributed by atoms with van der Waals surface area (Å²) in [6, 6.07) is 6.33. The second kappa shape index (κ2) is 3.92. The molecule has 66 valence electrons. The quantitative estimate of drug-likeness (QED) is 0.644. The van der Waals surface area contributed by atoms with Crippen molar-refractivity contribution in [1.82, 2.24) is 0 Å². The maximum Gasteiger partial charge on any atom is 0.339 e. The van der Waals surface area contributed by atoms with Crippen LogP contribution in [0.4, 0.5) is 0 Å². The summed E-state index contributed by atoms with van der Waals surface area (Å²) in [6.07, 6.45) is 0. The highest BCUT2D eigenvalue weighted by atomic mass is 35.5. The molecule has 0 aliphatic rings. The van der Waals surface area contributed by atoms with Crippen LogP contribution in [0.1, 0.15) is 15.9 Å². The topological polar surface area (TPSA) is 50.1 Å². The van der Waals surface area contributed by atoms with Gasteiger partial charge < -0.3 is 4.74 Å². The number of carbonyl (C=O) groups excluding carboxylic acids is 1. The monoisotopic (exact) mass is 195 g/mol. The lowest BCUT2D eigenvalue weighted by Gasteiger charge is -2.01. The molecule has 0 aliphatic carbocycles. The number of esters is 1. The highest BCUT2D eigenvalue weighted by molar-refractivity contribution is 6.33. The molecule has 0 saturated carbocycles. The number of ether oxygens (including phenoxy) is 1. The third-order valence-corrected chi connectivity index (χ3v) is 1.83. The fourth-order valence-electron chi connectivity index (χ4n) is 0.861. The molecule has 0 aliphatic heterocycles. The van der Waals surface area contributed by atoms with Gasteiger partial charge in [0, 0.05) is 0 Å². The molecular weight excluding hydrogens is 190 g/mol. The summed E-state index contributed by atoms with van der Waals surface area (Å²) in [5, 5.41) is 8.85. The molecular formula is C9H6ClNO2. The van der Waals surface area contributed by atoms with Crippen molar-refractivity contribution in [2.24, 2.45) is 0 Å². The van der Waals surface area contributed by atoms with E-state index in [0.29, 0.717) is 5.56 Å². The average Bonchev–Trinajstić information content (AvgIpc) is 2.17. The van der Waals surface area contributed by atoms with Crippen molar-refractivity contribution in [3.8, 4) is 6.07 Å². The molecule has 0 bridgehead atoms. The molecule has 1 rings (SSSR count). The Morgan fingerprint density at radius 1 is 1.62 bits per heavy atom. The number of nitrogens with zero attached hydrogens (tertiary/aromatic N) is 1. The molecule has 13 heavy (non-hydrogen) atoms. The normalized spacial score (nSPS) is 9.00. The van der Waals surface area contributed by atoms with Crippen LogP contribution in [-0.2, 0) is 4.74 Å². The lowest BCUT2D eigenvalue weighted by Crippen LogP contribution is -2.02. The fraction of sp³-hybridized carbons (Fsp3) is 0.111. The van der Waals surface area contributed by atoms with E-state index in [2.05, 4.69) is 4.74 Å². The maximum absolute atomic E-state index is 11.1. The minimum absolute atomic E-state index is 0.211. The highest BCUT2D eigenvalue weighted by Crippen LogP contribution is 2.17. The first-order chi connectivity index (χ1) is 6.19. The zero-order chi connectivity index (χ0) is 9.84. The summed E-state index contributed by atoms with van der Waals surface area (Å²) in [7, 11) is 1.26. The van der Waals surface area contributed by atoms with Gasteiger partial charge in [-0.1, -0.05) is 11.6 Å². The van der Waals surface area contributed by atoms with Gasteiger partial charge >= 0.3 is 5.97 Å². The first kappa shape index (κ1) is 9.56. The summed E-state index contributed by atoms with van der Waals surface area (Å²) < 4.78 is 4.48. The second-order valence-corrected chi connectivity index (χ2v) is 2.71. The molecule has 1 aromatic rings. The predicted octanol–water partition coefficient (Wildman–Crippen LogP) is 2.00. The van der Waals surface area contributed by atoms with Gasteiger partial charge in [-0.2, -0.15) is 5.26 Å². The molecule has 3 nitrogen and oxygen atoms in total. The zero-order valence-corrected chi connectivity index (χ0v) is 7.63. The number of methoxy groups -OCH3 is 1. The van der Waals surface area contributed by atoms with Gasteiger partial charge in [-0.3, -0.25) is 0 Å². The van der Waals surface area contributed by atoms with E-state index in [1.165, 1.54) is 25.3 Å². The zero-order valence-electron chi connectivity index (χ0n) is 6.87. The van der Waals surface area contributed by atoms with Crippen LogP contribution in [0.25, 0.3) is 0 Å². The van der Waals surface area contributed by atoms with E-state index in [-0.39, 0.29) is 10.6 Å². The van der Waals surface area contributed by atoms with Crippen molar-refractivity contribution < 1.29 is 9.53 Å². The Labute approximate surface area is 80.5 Å². The number of hydrogen-bond acceptors (Lipinski definition) is 3. The Bertz CT molecular complexity index is 382. The Hall–Kier alpha value is -1.53. The average molecular weight is 196 g/mol. The van der Waals surface area contributed by atoms with Crippen LogP contribution < -0.4 is 0 Å². The summed E-state index contributed by atoms with van der Waals surface area (Å²) in [5.41, 5.74) is 0.591. The standard InChI is InChI=1S/C9H6ClNO2/c1-13-9(12)7-4-6(5-11)2-3-8(7)10/h2-4H,1H3. The van der Waals surface area contributed by atoms with Gasteiger partial charge in [-0.25, -0.2) is 4.79 Å². The van der Waals surface area contributed by atoms with Gasteiger partial charge in [0.2, 0.25) is 0 Å². The molecule has 0 saturated heterocycles. The predicted molar refractivity (Wildman–Crippen MR) is 47.5 cm³/mol. The van der Waals surface area contributed by atoms with Gasteiger partial charge in [-0.15, -0.1) is 0 Å². The van der Waals surface area contributed by atoms with Gasteiger partial charge in [0.25, 0.3) is 0 Å². The third-order valence-electron chi connectivity index (χ3n) is 1.50. The van der Waals surface area contributed by atoms with Crippen LogP contribution in [0.3, 0.4) is 0 Å². The molecule has 1 aromatic carbocycles. The minimum Gasteiger partial charge on any atom is -0.465 e. The van der Waals surface area contributed by atoms with E-state index in [9.17, 15) is 4.79 Å². The molecule has 0 fully saturated rings. The number of hydrogen-bond donors (Lipinski definition) is 0. The van der Waals surface area contributed by atoms with E-state index in [1.807, 2.05) is 6.07 Å². The Balaban J connectivity index is 3.20. The minimum atomic E-state index is -0.540. The van der Waals surface area contributed by atoms with Crippen molar-refractivity contribution in [1.29, 1.82) is 5.26 Å². The Morgan fingerprint density at radius 3 is 2.85 bits per heavy atom. The van der Waals surface area contributed by atoms with Crippen molar-refractivity contribution in [3.63, 3.8) is 0 Å². The van der Waals surface area contributed by atoms with E-state index < -0.39 is 5.97 Å². The Kier molecular flexibility index (Phi) is 2.88. The van der Waals surface area contributed by atoms with E-state index in [0.717, 1.165) is 0 Å². The number of halogens is 1. The van der Waals surface area contributed by atoms with Gasteiger partial charge in [0.05, 0.1) is 29.3 Å². The van der Waals surface area contributed by atoms with Crippen molar-refractivity contribution in [2.75, 3.05) is 7.11 Å². The third kappa shape index (κ3) is 1.98. The summed E-state index contributed by atoms with van der Waals surface area (Å²) in [6.45, 7) is 0. The van der Waals surface area contributed by atoms with Crippen molar-refractivity contribution in [2.45, 2.75) is 0 Å². The van der Waals surface area contributed by atoms with E-state index in [4.69, 9.17) is 16.9 Å². The lowest BCUT2D eigenvalue weighted by atomic mass is 10.1. The second-order valence-electron chi connectivity index (χ2n) is 2.30. The van der Waals surface area contributed by atoms with Crippen LogP contribution >= 0.6 is 11.6 Å². The molecule has 0 spiro atoms. The van der Waals surface area contributed by atoms with Crippen LogP contribution in [0.2, 0.25) is 5.02 Å². The van der Waals surface area contributed by atoms with Gasteiger partial charge in [0.1, 0.15) is 0 Å². The van der Waals surface area contributed by atoms with Crippen molar-refractivity contribution in [3.05, 3.63) is 34.3 Å². The molecule has 0 atom stereocenters. The van der Waals surface area contributed by atoms with Crippen LogP contribution in [0.15, 0.2) is 18.2 Å². The van der Waals surface area contributed by atoms with Crippen LogP contribution in [0.5, 0.6) is 0 Å². The van der Waals surface area contributed by atoms with Gasteiger partial charge in [-0.05, 0) is 18.2 Å². The molecule has 0 radical (unpaired) electrons. The summed E-state index contributed by atoms with van der Waals surface area (Å²) in [4.78, 5) is 11.1. The maximum atomic E-state index is 11.1. The van der Waals surface area contributed by atoms with E-state index >= 15 is 0 Å². The first-order valence-corrected chi connectivity index (χ1v) is 3.85. The highest BCUT2D eigenvalue weighted by Gasteiger charge is 2.10. The Morgan fingerprint density at radius 2 is 2.31 bits per heavy atom.